The Hall–Kier alpha value is -0.230. The number of hydrogen-bond donors (Lipinski definition) is 2. The van der Waals surface area contributed by atoms with Crippen molar-refractivity contribution >= 4 is 16.9 Å². The fourth-order valence-corrected chi connectivity index (χ4v) is 1.60. The number of hydrogen-bond acceptors (Lipinski definition) is 1. The molecular formula is C13H21IN2S. The maximum absolute atomic E-state index is 5.69. The van der Waals surface area contributed by atoms with Crippen molar-refractivity contribution in [3.63, 3.8) is 0 Å². The van der Waals surface area contributed by atoms with E-state index >= 15 is 0 Å². The molecule has 0 heterocycles. The Balaban J connectivity index is 0.00000256. The monoisotopic (exact) mass is 364 g/mol. The summed E-state index contributed by atoms with van der Waals surface area (Å²) >= 11 is 1.53. The van der Waals surface area contributed by atoms with Crippen molar-refractivity contribution in [2.45, 2.75) is 32.7 Å². The normalized spacial score (nSPS) is 12.1. The van der Waals surface area contributed by atoms with E-state index in [9.17, 15) is 0 Å². The molecule has 0 aliphatic heterocycles. The van der Waals surface area contributed by atoms with E-state index in [1.165, 1.54) is 22.9 Å². The standard InChI is InChI=1S/C13H20N2S.HI/c1-13(2,3)11-7-5-10(6-8-11)9-15-12(14)16-4;/h5-8H,9H2,1-4H3,(H2,14,15);1H. The van der Waals surface area contributed by atoms with Crippen molar-refractivity contribution in [3.05, 3.63) is 35.4 Å². The van der Waals surface area contributed by atoms with Gasteiger partial charge in [-0.05, 0) is 34.6 Å². The third-order valence-corrected chi connectivity index (χ3v) is 3.09. The summed E-state index contributed by atoms with van der Waals surface area (Å²) in [4.78, 5) is 3.16. The third kappa shape index (κ3) is 5.77. The van der Waals surface area contributed by atoms with Crippen LogP contribution in [-0.4, -0.2) is 11.4 Å². The van der Waals surface area contributed by atoms with E-state index in [1.54, 1.807) is 0 Å². The first-order chi connectivity index (χ1) is 7.43. The second-order valence-electron chi connectivity index (χ2n) is 4.87. The van der Waals surface area contributed by atoms with Gasteiger partial charge in [0, 0.05) is 0 Å². The molecule has 0 radical (unpaired) electrons. The van der Waals surface area contributed by atoms with Gasteiger partial charge in [-0.15, -0.1) is 0 Å². The first-order valence-electron chi connectivity index (χ1n) is 5.43. The molecule has 0 amide bonds. The molecule has 0 spiro atoms. The van der Waals surface area contributed by atoms with Crippen LogP contribution < -0.4 is 34.7 Å². The Morgan fingerprint density at radius 2 is 1.76 bits per heavy atom. The number of nitrogens with two attached hydrogens (primary N) is 1. The van der Waals surface area contributed by atoms with Gasteiger partial charge in [-0.2, -0.15) is 0 Å². The molecule has 0 aromatic heterocycles. The lowest BCUT2D eigenvalue weighted by atomic mass is 9.87. The Morgan fingerprint density at radius 3 is 2.18 bits per heavy atom. The van der Waals surface area contributed by atoms with E-state index in [0.29, 0.717) is 0 Å². The van der Waals surface area contributed by atoms with Gasteiger partial charge in [0.1, 0.15) is 6.54 Å². The van der Waals surface area contributed by atoms with Crippen LogP contribution in [0.1, 0.15) is 31.9 Å². The minimum atomic E-state index is 0. The van der Waals surface area contributed by atoms with Crippen LogP contribution in [0.25, 0.3) is 0 Å². The molecule has 1 aromatic rings. The molecule has 4 heteroatoms. The first-order valence-corrected chi connectivity index (χ1v) is 6.65. The Bertz CT molecular complexity index is 366. The van der Waals surface area contributed by atoms with E-state index < -0.39 is 0 Å². The highest BCUT2D eigenvalue weighted by molar-refractivity contribution is 8.12. The summed E-state index contributed by atoms with van der Waals surface area (Å²) in [5.41, 5.74) is 8.52. The van der Waals surface area contributed by atoms with E-state index in [2.05, 4.69) is 50.0 Å². The van der Waals surface area contributed by atoms with E-state index in [1.807, 2.05) is 6.26 Å². The molecule has 0 aliphatic carbocycles. The summed E-state index contributed by atoms with van der Waals surface area (Å²) < 4.78 is 0. The van der Waals surface area contributed by atoms with Crippen molar-refractivity contribution in [2.24, 2.45) is 5.73 Å². The minimum absolute atomic E-state index is 0. The summed E-state index contributed by atoms with van der Waals surface area (Å²) in [6, 6.07) is 8.68. The molecular weight excluding hydrogens is 343 g/mol. The predicted molar refractivity (Wildman–Crippen MR) is 72.5 cm³/mol. The molecule has 3 N–H and O–H groups in total. The Kier molecular flexibility index (Phi) is 7.16. The quantitative estimate of drug-likeness (QED) is 0.371. The zero-order chi connectivity index (χ0) is 12.2. The molecule has 0 bridgehead atoms. The lowest BCUT2D eigenvalue weighted by Crippen LogP contribution is -3.00. The molecule has 0 atom stereocenters. The summed E-state index contributed by atoms with van der Waals surface area (Å²) in [6.45, 7) is 7.45. The molecule has 96 valence electrons. The van der Waals surface area contributed by atoms with Gasteiger partial charge in [0.15, 0.2) is 0 Å². The Morgan fingerprint density at radius 1 is 1.24 bits per heavy atom. The Labute approximate surface area is 125 Å². The smallest absolute Gasteiger partial charge is 0.301 e. The second kappa shape index (κ2) is 7.26. The predicted octanol–water partition coefficient (Wildman–Crippen LogP) is -1.75. The molecule has 1 rings (SSSR count). The fraction of sp³-hybridized carbons (Fsp3) is 0.462. The fourth-order valence-electron chi connectivity index (χ4n) is 1.38. The second-order valence-corrected chi connectivity index (χ2v) is 5.72. The van der Waals surface area contributed by atoms with Crippen LogP contribution >= 0.6 is 11.8 Å². The number of nitrogens with one attached hydrogen (secondary N) is 1. The molecule has 1 aromatic carbocycles. The number of amidine groups is 1. The molecule has 0 unspecified atom stereocenters. The zero-order valence-corrected chi connectivity index (χ0v) is 13.9. The van der Waals surface area contributed by atoms with Gasteiger partial charge in [-0.25, -0.2) is 0 Å². The topological polar surface area (TPSA) is 40.0 Å². The van der Waals surface area contributed by atoms with Crippen LogP contribution in [0.2, 0.25) is 0 Å². The number of halogens is 1. The molecule has 17 heavy (non-hydrogen) atoms. The van der Waals surface area contributed by atoms with Crippen LogP contribution in [-0.2, 0) is 12.0 Å². The minimum Gasteiger partial charge on any atom is -1.00 e. The summed E-state index contributed by atoms with van der Waals surface area (Å²) in [6.07, 6.45) is 1.96. The SMILES string of the molecule is CSC(N)=[NH+]Cc1ccc(C(C)(C)C)cc1.[I-]. The van der Waals surface area contributed by atoms with Crippen LogP contribution in [0.4, 0.5) is 0 Å². The maximum atomic E-state index is 5.69. The average molecular weight is 364 g/mol. The average Bonchev–Trinajstić information content (AvgIpc) is 2.25. The number of thioether (sulfide) groups is 1. The van der Waals surface area contributed by atoms with Gasteiger partial charge in [0.05, 0.1) is 0 Å². The van der Waals surface area contributed by atoms with Crippen molar-refractivity contribution in [2.75, 3.05) is 6.26 Å². The van der Waals surface area contributed by atoms with Gasteiger partial charge in [0.25, 0.3) is 0 Å². The van der Waals surface area contributed by atoms with Crippen LogP contribution in [0.3, 0.4) is 0 Å². The van der Waals surface area contributed by atoms with Crippen LogP contribution in [0.15, 0.2) is 24.3 Å². The molecule has 0 fully saturated rings. The van der Waals surface area contributed by atoms with Crippen molar-refractivity contribution in [1.29, 1.82) is 0 Å². The summed E-state index contributed by atoms with van der Waals surface area (Å²) in [7, 11) is 0. The molecule has 2 nitrogen and oxygen atoms in total. The van der Waals surface area contributed by atoms with Crippen molar-refractivity contribution in [1.82, 2.24) is 0 Å². The lowest BCUT2D eigenvalue weighted by molar-refractivity contribution is -0.473. The molecule has 0 saturated carbocycles. The van der Waals surface area contributed by atoms with Gasteiger partial charge >= 0.3 is 5.17 Å². The highest BCUT2D eigenvalue weighted by Crippen LogP contribution is 2.21. The third-order valence-electron chi connectivity index (χ3n) is 2.51. The maximum Gasteiger partial charge on any atom is 0.301 e. The van der Waals surface area contributed by atoms with Gasteiger partial charge in [-0.3, -0.25) is 10.7 Å². The van der Waals surface area contributed by atoms with Gasteiger partial charge in [-0.1, -0.05) is 45.0 Å². The summed E-state index contributed by atoms with van der Waals surface area (Å²) in [5.74, 6) is 0. The highest BCUT2D eigenvalue weighted by Gasteiger charge is 2.12. The molecule has 0 aliphatic rings. The lowest BCUT2D eigenvalue weighted by Gasteiger charge is -2.18. The van der Waals surface area contributed by atoms with Gasteiger partial charge < -0.3 is 24.0 Å². The van der Waals surface area contributed by atoms with E-state index in [4.69, 9.17) is 5.73 Å². The largest absolute Gasteiger partial charge is 1.00 e. The summed E-state index contributed by atoms with van der Waals surface area (Å²) in [5, 5.41) is 0.764. The van der Waals surface area contributed by atoms with Crippen molar-refractivity contribution in [3.8, 4) is 0 Å². The van der Waals surface area contributed by atoms with Crippen LogP contribution in [0, 0.1) is 0 Å². The first kappa shape index (κ1) is 16.8. The molecule has 0 saturated heterocycles. The van der Waals surface area contributed by atoms with Gasteiger partial charge in [0.2, 0.25) is 0 Å². The van der Waals surface area contributed by atoms with E-state index in [-0.39, 0.29) is 29.4 Å². The number of benzene rings is 1. The number of rotatable bonds is 2. The highest BCUT2D eigenvalue weighted by atomic mass is 127. The van der Waals surface area contributed by atoms with E-state index in [0.717, 1.165) is 11.7 Å². The zero-order valence-electron chi connectivity index (χ0n) is 10.9. The van der Waals surface area contributed by atoms with Crippen LogP contribution in [0.5, 0.6) is 0 Å². The van der Waals surface area contributed by atoms with Crippen molar-refractivity contribution < 1.29 is 29.0 Å².